The van der Waals surface area contributed by atoms with E-state index in [0.717, 1.165) is 25.7 Å². The van der Waals surface area contributed by atoms with Crippen LogP contribution in [0.2, 0.25) is 0 Å². The summed E-state index contributed by atoms with van der Waals surface area (Å²) in [5.74, 6) is 0.271. The summed E-state index contributed by atoms with van der Waals surface area (Å²) >= 11 is 0. The highest BCUT2D eigenvalue weighted by Crippen LogP contribution is 2.30. The number of nitrogens with one attached hydrogen (secondary N) is 3. The van der Waals surface area contributed by atoms with E-state index in [4.69, 9.17) is 4.74 Å². The maximum atomic E-state index is 12.4. The summed E-state index contributed by atoms with van der Waals surface area (Å²) in [5.41, 5.74) is 1.01. The molecule has 9 nitrogen and oxygen atoms in total. The lowest BCUT2D eigenvalue weighted by Crippen LogP contribution is -2.28. The van der Waals surface area contributed by atoms with Gasteiger partial charge in [-0.3, -0.25) is 9.36 Å². The van der Waals surface area contributed by atoms with Gasteiger partial charge in [-0.05, 0) is 37.8 Å². The zero-order valence-corrected chi connectivity index (χ0v) is 14.4. The fourth-order valence-electron chi connectivity index (χ4n) is 3.49. The van der Waals surface area contributed by atoms with Crippen LogP contribution in [0.15, 0.2) is 34.1 Å². The molecule has 3 N–H and O–H groups in total. The first-order valence-electron chi connectivity index (χ1n) is 8.60. The van der Waals surface area contributed by atoms with Crippen LogP contribution >= 0.6 is 0 Å². The Morgan fingerprint density at radius 2 is 2.08 bits per heavy atom. The van der Waals surface area contributed by atoms with Crippen LogP contribution in [0.1, 0.15) is 31.7 Å². The van der Waals surface area contributed by atoms with Gasteiger partial charge in [0, 0.05) is 19.3 Å². The number of methoxy groups -OCH3 is 1. The molecule has 0 spiro atoms. The highest BCUT2D eigenvalue weighted by Gasteiger charge is 2.25. The van der Waals surface area contributed by atoms with Crippen molar-refractivity contribution in [2.24, 2.45) is 0 Å². The average Bonchev–Trinajstić information content (AvgIpc) is 2.99. The third-order valence-electron chi connectivity index (χ3n) is 4.86. The molecule has 1 aliphatic rings. The molecule has 0 amide bonds. The van der Waals surface area contributed by atoms with Crippen molar-refractivity contribution in [1.29, 1.82) is 0 Å². The second-order valence-electron chi connectivity index (χ2n) is 6.44. The molecule has 136 valence electrons. The van der Waals surface area contributed by atoms with E-state index in [9.17, 15) is 9.59 Å². The summed E-state index contributed by atoms with van der Waals surface area (Å²) in [6.07, 6.45) is 6.90. The molecule has 1 aliphatic carbocycles. The minimum absolute atomic E-state index is 0.0746. The molecule has 0 aromatic carbocycles. The Morgan fingerprint density at radius 3 is 2.81 bits per heavy atom. The Kier molecular flexibility index (Phi) is 4.29. The fourth-order valence-corrected chi connectivity index (χ4v) is 3.49. The molecule has 4 rings (SSSR count). The van der Waals surface area contributed by atoms with Crippen molar-refractivity contribution in [1.82, 2.24) is 24.5 Å². The van der Waals surface area contributed by atoms with Crippen LogP contribution < -0.4 is 16.6 Å². The van der Waals surface area contributed by atoms with Gasteiger partial charge in [-0.1, -0.05) is 0 Å². The Labute approximate surface area is 148 Å². The van der Waals surface area contributed by atoms with Crippen molar-refractivity contribution >= 4 is 22.8 Å². The number of pyridine rings is 1. The first kappa shape index (κ1) is 16.5. The number of anilines is 2. The van der Waals surface area contributed by atoms with Gasteiger partial charge in [0.05, 0.1) is 12.3 Å². The van der Waals surface area contributed by atoms with Crippen LogP contribution in [0, 0.1) is 0 Å². The second-order valence-corrected chi connectivity index (χ2v) is 6.44. The van der Waals surface area contributed by atoms with Crippen molar-refractivity contribution in [3.05, 3.63) is 45.4 Å². The van der Waals surface area contributed by atoms with Gasteiger partial charge in [-0.2, -0.15) is 4.98 Å². The molecule has 3 heterocycles. The molecular weight excluding hydrogens is 336 g/mol. The van der Waals surface area contributed by atoms with E-state index >= 15 is 0 Å². The van der Waals surface area contributed by atoms with E-state index in [1.807, 2.05) is 0 Å². The van der Waals surface area contributed by atoms with Gasteiger partial charge in [-0.25, -0.2) is 9.78 Å². The smallest absolute Gasteiger partial charge is 0.327 e. The number of fused-ring (bicyclic) bond motifs is 1. The first-order chi connectivity index (χ1) is 12.7. The Bertz CT molecular complexity index is 1030. The van der Waals surface area contributed by atoms with Crippen molar-refractivity contribution in [3.8, 4) is 0 Å². The predicted octanol–water partition coefficient (Wildman–Crippen LogP) is 1.68. The maximum Gasteiger partial charge on any atom is 0.327 e. The van der Waals surface area contributed by atoms with E-state index < -0.39 is 0 Å². The SMILES string of the molecule is CO[C@H]1CC[C@H](n2c(=O)[nH]c3cnc(Nc4ccc[nH]c4=O)nc32)CC1. The molecule has 3 aromatic heterocycles. The summed E-state index contributed by atoms with van der Waals surface area (Å²) in [6, 6.07) is 3.43. The van der Waals surface area contributed by atoms with E-state index in [-0.39, 0.29) is 29.3 Å². The van der Waals surface area contributed by atoms with E-state index in [1.165, 1.54) is 0 Å². The third kappa shape index (κ3) is 3.01. The predicted molar refractivity (Wildman–Crippen MR) is 96.8 cm³/mol. The number of hydrogen-bond acceptors (Lipinski definition) is 6. The molecule has 0 unspecified atom stereocenters. The number of H-pyrrole nitrogens is 2. The third-order valence-corrected chi connectivity index (χ3v) is 4.86. The summed E-state index contributed by atoms with van der Waals surface area (Å²) in [6.45, 7) is 0. The first-order valence-corrected chi connectivity index (χ1v) is 8.60. The van der Waals surface area contributed by atoms with Gasteiger partial charge in [0.15, 0.2) is 5.65 Å². The van der Waals surface area contributed by atoms with Gasteiger partial charge in [-0.15, -0.1) is 0 Å². The quantitative estimate of drug-likeness (QED) is 0.655. The number of ether oxygens (including phenoxy) is 1. The second kappa shape index (κ2) is 6.75. The van der Waals surface area contributed by atoms with Gasteiger partial charge in [0.25, 0.3) is 5.56 Å². The summed E-state index contributed by atoms with van der Waals surface area (Å²) in [4.78, 5) is 38.3. The van der Waals surface area contributed by atoms with Gasteiger partial charge < -0.3 is 20.0 Å². The molecular formula is C17H20N6O3. The van der Waals surface area contributed by atoms with Crippen LogP contribution in [0.4, 0.5) is 11.6 Å². The molecule has 0 radical (unpaired) electrons. The zero-order valence-electron chi connectivity index (χ0n) is 14.4. The molecule has 26 heavy (non-hydrogen) atoms. The Hall–Kier alpha value is -2.94. The van der Waals surface area contributed by atoms with Crippen molar-refractivity contribution < 1.29 is 4.74 Å². The molecule has 0 bridgehead atoms. The number of imidazole rings is 1. The van der Waals surface area contributed by atoms with E-state index in [0.29, 0.717) is 16.9 Å². The highest BCUT2D eigenvalue weighted by molar-refractivity contribution is 5.71. The number of nitrogens with zero attached hydrogens (tertiary/aromatic N) is 3. The molecule has 0 aliphatic heterocycles. The molecule has 1 saturated carbocycles. The largest absolute Gasteiger partial charge is 0.381 e. The van der Waals surface area contributed by atoms with Crippen molar-refractivity contribution in [2.75, 3.05) is 12.4 Å². The molecule has 3 aromatic rings. The van der Waals surface area contributed by atoms with Crippen molar-refractivity contribution in [2.45, 2.75) is 37.8 Å². The topological polar surface area (TPSA) is 118 Å². The molecule has 9 heteroatoms. The minimum atomic E-state index is -0.263. The number of hydrogen-bond donors (Lipinski definition) is 3. The lowest BCUT2D eigenvalue weighted by atomic mass is 9.93. The van der Waals surface area contributed by atoms with Gasteiger partial charge in [0.2, 0.25) is 5.95 Å². The highest BCUT2D eigenvalue weighted by atomic mass is 16.5. The average molecular weight is 356 g/mol. The monoisotopic (exact) mass is 356 g/mol. The molecule has 0 atom stereocenters. The van der Waals surface area contributed by atoms with Crippen LogP contribution in [0.25, 0.3) is 11.2 Å². The van der Waals surface area contributed by atoms with Crippen LogP contribution in [0.3, 0.4) is 0 Å². The van der Waals surface area contributed by atoms with E-state index in [1.54, 1.807) is 36.2 Å². The number of aromatic amines is 2. The van der Waals surface area contributed by atoms with Crippen LogP contribution in [-0.4, -0.2) is 37.7 Å². The lowest BCUT2D eigenvalue weighted by Gasteiger charge is -2.28. The van der Waals surface area contributed by atoms with Gasteiger partial charge in [0.1, 0.15) is 11.2 Å². The Balaban J connectivity index is 1.68. The summed E-state index contributed by atoms with van der Waals surface area (Å²) < 4.78 is 7.11. The normalized spacial score (nSPS) is 20.3. The minimum Gasteiger partial charge on any atom is -0.381 e. The standard InChI is InChI=1S/C17H20N6O3/c1-26-11-6-4-10(5-7-11)23-14-13(21-17(23)25)9-19-16(22-14)20-12-3-2-8-18-15(12)24/h2-3,8-11H,4-7H2,1H3,(H,18,24)(H,21,25)(H,19,20,22)/t10-,11-. The molecule has 1 fully saturated rings. The lowest BCUT2D eigenvalue weighted by molar-refractivity contribution is 0.0585. The van der Waals surface area contributed by atoms with E-state index in [2.05, 4.69) is 25.3 Å². The maximum absolute atomic E-state index is 12.4. The van der Waals surface area contributed by atoms with Crippen LogP contribution in [0.5, 0.6) is 0 Å². The zero-order chi connectivity index (χ0) is 18.1. The Morgan fingerprint density at radius 1 is 1.27 bits per heavy atom. The summed E-state index contributed by atoms with van der Waals surface area (Å²) in [7, 11) is 1.72. The fraction of sp³-hybridized carbons (Fsp3) is 0.412. The van der Waals surface area contributed by atoms with Gasteiger partial charge >= 0.3 is 5.69 Å². The number of rotatable bonds is 4. The summed E-state index contributed by atoms with van der Waals surface area (Å²) in [5, 5.41) is 2.90. The van der Waals surface area contributed by atoms with Crippen molar-refractivity contribution in [3.63, 3.8) is 0 Å². The van der Waals surface area contributed by atoms with Crippen LogP contribution in [-0.2, 0) is 4.74 Å². The number of aromatic nitrogens is 5. The molecule has 0 saturated heterocycles.